The van der Waals surface area contributed by atoms with Crippen molar-refractivity contribution >= 4 is 39.0 Å². The number of amides is 1. The fourth-order valence-corrected chi connectivity index (χ4v) is 7.53. The first kappa shape index (κ1) is 24.9. The van der Waals surface area contributed by atoms with Crippen LogP contribution in [0.15, 0.2) is 146 Å². The summed E-state index contributed by atoms with van der Waals surface area (Å²) in [6.07, 6.45) is 0. The zero-order chi connectivity index (χ0) is 29.3. The van der Waals surface area contributed by atoms with E-state index < -0.39 is 5.54 Å². The first-order chi connectivity index (χ1) is 21.7. The van der Waals surface area contributed by atoms with Crippen LogP contribution in [0.4, 0.5) is 11.4 Å². The molecule has 210 valence electrons. The zero-order valence-electron chi connectivity index (χ0n) is 24.1. The summed E-state index contributed by atoms with van der Waals surface area (Å²) in [5, 5.41) is 7.29. The number of aromatic nitrogens is 1. The van der Waals surface area contributed by atoms with Crippen LogP contribution in [-0.2, 0) is 23.4 Å². The van der Waals surface area contributed by atoms with E-state index in [1.807, 2.05) is 17.0 Å². The van der Waals surface area contributed by atoms with Crippen molar-refractivity contribution in [3.8, 4) is 11.3 Å². The van der Waals surface area contributed by atoms with Crippen molar-refractivity contribution in [3.05, 3.63) is 168 Å². The van der Waals surface area contributed by atoms with Gasteiger partial charge >= 0.3 is 0 Å². The Hall–Kier alpha value is -5.61. The van der Waals surface area contributed by atoms with Crippen LogP contribution in [0.5, 0.6) is 0 Å². The van der Waals surface area contributed by atoms with Crippen LogP contribution in [0, 0.1) is 0 Å². The molecular formula is C40H29N3O. The standard InChI is InChI=1S/C40H29N3O/c44-39-40(33-21-8-11-24-36(33)43(39)26-29-17-12-16-28-15-4-5-18-30(28)29)37-32-20-7-10-23-35(32)42(25-27-13-2-1-3-14-27)38(37)31-19-6-9-22-34(31)41-40/h1-24,41H,25-26H2. The van der Waals surface area contributed by atoms with E-state index in [-0.39, 0.29) is 5.91 Å². The first-order valence-corrected chi connectivity index (χ1v) is 15.2. The van der Waals surface area contributed by atoms with Crippen molar-refractivity contribution in [1.82, 2.24) is 4.57 Å². The molecule has 0 fully saturated rings. The number of nitrogens with zero attached hydrogens (tertiary/aromatic N) is 2. The van der Waals surface area contributed by atoms with Crippen molar-refractivity contribution in [2.45, 2.75) is 18.6 Å². The van der Waals surface area contributed by atoms with Gasteiger partial charge in [-0.05, 0) is 40.1 Å². The predicted molar refractivity (Wildman–Crippen MR) is 179 cm³/mol. The summed E-state index contributed by atoms with van der Waals surface area (Å²) >= 11 is 0. The van der Waals surface area contributed by atoms with Crippen LogP contribution >= 0.6 is 0 Å². The Bertz CT molecular complexity index is 2240. The molecule has 0 saturated heterocycles. The molecular weight excluding hydrogens is 538 g/mol. The number of anilines is 2. The minimum absolute atomic E-state index is 0.0463. The number of hydrogen-bond acceptors (Lipinski definition) is 2. The van der Waals surface area contributed by atoms with E-state index >= 15 is 4.79 Å². The number of nitrogens with one attached hydrogen (secondary N) is 1. The lowest BCUT2D eigenvalue weighted by molar-refractivity contribution is -0.121. The fraction of sp³-hybridized carbons (Fsp3) is 0.0750. The van der Waals surface area contributed by atoms with E-state index in [4.69, 9.17) is 0 Å². The Balaban J connectivity index is 1.31. The maximum Gasteiger partial charge on any atom is 0.262 e. The molecule has 1 spiro atoms. The highest BCUT2D eigenvalue weighted by molar-refractivity contribution is 6.17. The first-order valence-electron chi connectivity index (χ1n) is 15.2. The molecule has 1 aromatic heterocycles. The Morgan fingerprint density at radius 2 is 1.32 bits per heavy atom. The number of fused-ring (bicyclic) bond motifs is 9. The Kier molecular flexibility index (Phi) is 5.36. The largest absolute Gasteiger partial charge is 0.363 e. The molecule has 0 aliphatic carbocycles. The van der Waals surface area contributed by atoms with Gasteiger partial charge < -0.3 is 14.8 Å². The van der Waals surface area contributed by atoms with Gasteiger partial charge in [0, 0.05) is 39.8 Å². The third kappa shape index (κ3) is 3.42. The van der Waals surface area contributed by atoms with Gasteiger partial charge in [-0.2, -0.15) is 0 Å². The lowest BCUT2D eigenvalue weighted by Crippen LogP contribution is -2.48. The quantitative estimate of drug-likeness (QED) is 0.231. The van der Waals surface area contributed by atoms with Gasteiger partial charge in [0.1, 0.15) is 0 Å². The minimum Gasteiger partial charge on any atom is -0.363 e. The molecule has 4 nitrogen and oxygen atoms in total. The van der Waals surface area contributed by atoms with Gasteiger partial charge in [-0.25, -0.2) is 0 Å². The van der Waals surface area contributed by atoms with Gasteiger partial charge in [0.15, 0.2) is 5.54 Å². The van der Waals surface area contributed by atoms with Crippen LogP contribution in [0.3, 0.4) is 0 Å². The molecule has 2 aliphatic heterocycles. The number of carbonyl (C=O) groups is 1. The van der Waals surface area contributed by atoms with Crippen LogP contribution in [0.2, 0.25) is 0 Å². The predicted octanol–water partition coefficient (Wildman–Crippen LogP) is 8.73. The maximum atomic E-state index is 15.3. The van der Waals surface area contributed by atoms with Crippen molar-refractivity contribution in [2.24, 2.45) is 0 Å². The molecule has 9 rings (SSSR count). The van der Waals surface area contributed by atoms with Crippen LogP contribution < -0.4 is 10.2 Å². The van der Waals surface area contributed by atoms with Gasteiger partial charge in [-0.3, -0.25) is 4.79 Å². The van der Waals surface area contributed by atoms with Gasteiger partial charge in [0.2, 0.25) is 0 Å². The third-order valence-corrected chi connectivity index (χ3v) is 9.41. The normalized spacial score (nSPS) is 16.6. The molecule has 0 saturated carbocycles. The molecule has 2 aliphatic rings. The molecule has 6 aromatic carbocycles. The second kappa shape index (κ2) is 9.45. The molecule has 1 unspecified atom stereocenters. The van der Waals surface area contributed by atoms with E-state index in [1.165, 1.54) is 16.3 Å². The number of carbonyl (C=O) groups excluding carboxylic acids is 1. The lowest BCUT2D eigenvalue weighted by Gasteiger charge is -2.37. The highest BCUT2D eigenvalue weighted by Crippen LogP contribution is 2.56. The summed E-state index contributed by atoms with van der Waals surface area (Å²) in [7, 11) is 0. The fourth-order valence-electron chi connectivity index (χ4n) is 7.53. The molecule has 0 radical (unpaired) electrons. The minimum atomic E-state index is -1.08. The second-order valence-corrected chi connectivity index (χ2v) is 11.8. The Labute approximate surface area is 255 Å². The van der Waals surface area contributed by atoms with Gasteiger partial charge in [0.25, 0.3) is 5.91 Å². The van der Waals surface area contributed by atoms with E-state index in [0.717, 1.165) is 50.2 Å². The van der Waals surface area contributed by atoms with Crippen molar-refractivity contribution in [1.29, 1.82) is 0 Å². The summed E-state index contributed by atoms with van der Waals surface area (Å²) < 4.78 is 2.41. The average Bonchev–Trinajstić information content (AvgIpc) is 3.52. The molecule has 1 N–H and O–H groups in total. The Morgan fingerprint density at radius 3 is 2.23 bits per heavy atom. The van der Waals surface area contributed by atoms with Crippen molar-refractivity contribution in [2.75, 3.05) is 10.2 Å². The molecule has 0 bridgehead atoms. The number of hydrogen-bond donors (Lipinski definition) is 1. The summed E-state index contributed by atoms with van der Waals surface area (Å²) in [6, 6.07) is 50.6. The van der Waals surface area contributed by atoms with Crippen molar-refractivity contribution in [3.63, 3.8) is 0 Å². The molecule has 7 aromatic rings. The lowest BCUT2D eigenvalue weighted by atomic mass is 9.77. The summed E-state index contributed by atoms with van der Waals surface area (Å²) in [4.78, 5) is 17.3. The number of benzene rings is 6. The van der Waals surface area contributed by atoms with Gasteiger partial charge in [0.05, 0.1) is 17.9 Å². The smallest absolute Gasteiger partial charge is 0.262 e. The third-order valence-electron chi connectivity index (χ3n) is 9.41. The van der Waals surface area contributed by atoms with Gasteiger partial charge in [-0.15, -0.1) is 0 Å². The maximum absolute atomic E-state index is 15.3. The van der Waals surface area contributed by atoms with Crippen molar-refractivity contribution < 1.29 is 4.79 Å². The van der Waals surface area contributed by atoms with Crippen LogP contribution in [0.25, 0.3) is 32.9 Å². The topological polar surface area (TPSA) is 37.3 Å². The van der Waals surface area contributed by atoms with Gasteiger partial charge in [-0.1, -0.05) is 127 Å². The molecule has 44 heavy (non-hydrogen) atoms. The van der Waals surface area contributed by atoms with Crippen LogP contribution in [0.1, 0.15) is 22.3 Å². The summed E-state index contributed by atoms with van der Waals surface area (Å²) in [6.45, 7) is 1.19. The van der Waals surface area contributed by atoms with Crippen LogP contribution in [-0.4, -0.2) is 10.5 Å². The highest BCUT2D eigenvalue weighted by atomic mass is 16.2. The van der Waals surface area contributed by atoms with E-state index in [9.17, 15) is 0 Å². The SMILES string of the molecule is O=C1N(Cc2cccc3ccccc23)c2ccccc2C12Nc1ccccc1-c1c2c2ccccc2n1Cc1ccccc1. The zero-order valence-corrected chi connectivity index (χ0v) is 24.1. The van der Waals surface area contributed by atoms with E-state index in [2.05, 4.69) is 143 Å². The molecule has 4 heteroatoms. The number of para-hydroxylation sites is 3. The molecule has 1 atom stereocenters. The van der Waals surface area contributed by atoms with E-state index in [1.54, 1.807) is 0 Å². The Morgan fingerprint density at radius 1 is 0.614 bits per heavy atom. The monoisotopic (exact) mass is 567 g/mol. The second-order valence-electron chi connectivity index (χ2n) is 11.8. The van der Waals surface area contributed by atoms with E-state index in [0.29, 0.717) is 13.1 Å². The highest BCUT2D eigenvalue weighted by Gasteiger charge is 2.56. The summed E-state index contributed by atoms with van der Waals surface area (Å²) in [5.41, 5.74) is 8.53. The molecule has 1 amide bonds. The average molecular weight is 568 g/mol. The number of rotatable bonds is 4. The summed E-state index contributed by atoms with van der Waals surface area (Å²) in [5.74, 6) is 0.0463. The molecule has 3 heterocycles.